The van der Waals surface area contributed by atoms with Gasteiger partial charge in [-0.3, -0.25) is 0 Å². The fraction of sp³-hybridized carbons (Fsp3) is 0.643. The Kier molecular flexibility index (Phi) is 4.86. The van der Waals surface area contributed by atoms with E-state index in [1.807, 2.05) is 0 Å². The summed E-state index contributed by atoms with van der Waals surface area (Å²) in [6, 6.07) is 2.27. The number of aromatic nitrogens is 1. The molecule has 2 rings (SSSR count). The predicted octanol–water partition coefficient (Wildman–Crippen LogP) is 3.24. The molecule has 2 N–H and O–H groups in total. The molecular weight excluding hydrogens is 269 g/mol. The molecule has 112 valence electrons. The topological polar surface area (TPSA) is 48.1 Å². The molecular formula is C14H19F3N2O. The van der Waals surface area contributed by atoms with E-state index in [1.54, 1.807) is 0 Å². The lowest BCUT2D eigenvalue weighted by atomic mass is 9.82. The standard InChI is InChI=1S/C14H19F3N2O/c15-14(16,17)13-6-5-12(8-19-13)20-9-11-3-1-10(7-18)2-4-11/h5-6,8,10-11H,1-4,7,9,18H2/t10-,11-. The molecule has 0 aliphatic heterocycles. The van der Waals surface area contributed by atoms with Crippen molar-refractivity contribution in [1.29, 1.82) is 0 Å². The van der Waals surface area contributed by atoms with Crippen molar-refractivity contribution in [3.05, 3.63) is 24.0 Å². The highest BCUT2D eigenvalue weighted by atomic mass is 19.4. The van der Waals surface area contributed by atoms with Crippen LogP contribution in [-0.2, 0) is 6.18 Å². The number of hydrogen-bond acceptors (Lipinski definition) is 3. The molecule has 1 aliphatic rings. The van der Waals surface area contributed by atoms with E-state index in [-0.39, 0.29) is 0 Å². The zero-order chi connectivity index (χ0) is 14.6. The number of nitrogens with zero attached hydrogens (tertiary/aromatic N) is 1. The maximum atomic E-state index is 12.4. The van der Waals surface area contributed by atoms with Gasteiger partial charge in [0.1, 0.15) is 11.4 Å². The Morgan fingerprint density at radius 3 is 2.30 bits per heavy atom. The molecule has 1 aromatic heterocycles. The first kappa shape index (κ1) is 15.1. The van der Waals surface area contributed by atoms with Crippen LogP contribution >= 0.6 is 0 Å². The van der Waals surface area contributed by atoms with Crippen LogP contribution in [0.15, 0.2) is 18.3 Å². The largest absolute Gasteiger partial charge is 0.492 e. The zero-order valence-corrected chi connectivity index (χ0v) is 11.2. The summed E-state index contributed by atoms with van der Waals surface area (Å²) in [5.74, 6) is 1.46. The van der Waals surface area contributed by atoms with E-state index in [0.29, 0.717) is 24.2 Å². The number of halogens is 3. The summed E-state index contributed by atoms with van der Waals surface area (Å²) >= 11 is 0. The van der Waals surface area contributed by atoms with E-state index >= 15 is 0 Å². The van der Waals surface area contributed by atoms with Crippen LogP contribution in [0, 0.1) is 11.8 Å². The minimum Gasteiger partial charge on any atom is -0.492 e. The summed E-state index contributed by atoms with van der Waals surface area (Å²) in [6.07, 6.45) is 1.07. The van der Waals surface area contributed by atoms with E-state index < -0.39 is 11.9 Å². The smallest absolute Gasteiger partial charge is 0.433 e. The Balaban J connectivity index is 1.80. The fourth-order valence-electron chi connectivity index (χ4n) is 2.48. The average molecular weight is 288 g/mol. The Bertz CT molecular complexity index is 411. The lowest BCUT2D eigenvalue weighted by Gasteiger charge is -2.27. The normalized spacial score (nSPS) is 23.6. The molecule has 1 aromatic rings. The Morgan fingerprint density at radius 1 is 1.15 bits per heavy atom. The van der Waals surface area contributed by atoms with Gasteiger partial charge in [-0.15, -0.1) is 0 Å². The lowest BCUT2D eigenvalue weighted by molar-refractivity contribution is -0.141. The van der Waals surface area contributed by atoms with Gasteiger partial charge in [-0.25, -0.2) is 4.98 Å². The Morgan fingerprint density at radius 2 is 1.80 bits per heavy atom. The second-order valence-corrected chi connectivity index (χ2v) is 5.31. The minimum absolute atomic E-state index is 0.388. The molecule has 0 unspecified atom stereocenters. The molecule has 6 heteroatoms. The molecule has 0 atom stereocenters. The molecule has 3 nitrogen and oxygen atoms in total. The van der Waals surface area contributed by atoms with Gasteiger partial charge in [0.2, 0.25) is 0 Å². The van der Waals surface area contributed by atoms with Crippen LogP contribution in [0.2, 0.25) is 0 Å². The highest BCUT2D eigenvalue weighted by Gasteiger charge is 2.32. The van der Waals surface area contributed by atoms with E-state index in [1.165, 1.54) is 6.07 Å². The molecule has 0 saturated heterocycles. The maximum Gasteiger partial charge on any atom is 0.433 e. The quantitative estimate of drug-likeness (QED) is 0.925. The maximum absolute atomic E-state index is 12.4. The van der Waals surface area contributed by atoms with Crippen molar-refractivity contribution >= 4 is 0 Å². The van der Waals surface area contributed by atoms with E-state index in [4.69, 9.17) is 10.5 Å². The van der Waals surface area contributed by atoms with Crippen molar-refractivity contribution in [2.45, 2.75) is 31.9 Å². The summed E-state index contributed by atoms with van der Waals surface area (Å²) < 4.78 is 42.6. The first-order valence-electron chi connectivity index (χ1n) is 6.85. The van der Waals surface area contributed by atoms with Crippen molar-refractivity contribution in [1.82, 2.24) is 4.98 Å². The van der Waals surface area contributed by atoms with Gasteiger partial charge in [0.25, 0.3) is 0 Å². The van der Waals surface area contributed by atoms with Crippen molar-refractivity contribution in [2.75, 3.05) is 13.2 Å². The Hall–Kier alpha value is -1.30. The van der Waals surface area contributed by atoms with Crippen LogP contribution in [-0.4, -0.2) is 18.1 Å². The molecule has 0 bridgehead atoms. The van der Waals surface area contributed by atoms with Gasteiger partial charge in [-0.1, -0.05) is 0 Å². The second kappa shape index (κ2) is 6.43. The number of alkyl halides is 3. The van der Waals surface area contributed by atoms with Crippen molar-refractivity contribution in [3.63, 3.8) is 0 Å². The molecule has 1 fully saturated rings. The van der Waals surface area contributed by atoms with Crippen LogP contribution in [0.4, 0.5) is 13.2 Å². The Labute approximate surface area is 116 Å². The van der Waals surface area contributed by atoms with Crippen molar-refractivity contribution in [3.8, 4) is 5.75 Å². The SMILES string of the molecule is NC[C@H]1CC[C@H](COc2ccc(C(F)(F)F)nc2)CC1. The van der Waals surface area contributed by atoms with Crippen LogP contribution in [0.3, 0.4) is 0 Å². The summed E-state index contributed by atoms with van der Waals surface area (Å²) in [7, 11) is 0. The van der Waals surface area contributed by atoms with Crippen molar-refractivity contribution in [2.24, 2.45) is 17.6 Å². The molecule has 1 saturated carbocycles. The molecule has 1 heterocycles. The fourth-order valence-corrected chi connectivity index (χ4v) is 2.48. The van der Waals surface area contributed by atoms with Gasteiger partial charge >= 0.3 is 6.18 Å². The average Bonchev–Trinajstić information content (AvgIpc) is 2.45. The first-order chi connectivity index (χ1) is 9.49. The van der Waals surface area contributed by atoms with E-state index in [9.17, 15) is 13.2 Å². The van der Waals surface area contributed by atoms with Crippen LogP contribution in [0.25, 0.3) is 0 Å². The highest BCUT2D eigenvalue weighted by Crippen LogP contribution is 2.30. The predicted molar refractivity (Wildman–Crippen MR) is 69.2 cm³/mol. The number of rotatable bonds is 4. The summed E-state index contributed by atoms with van der Waals surface area (Å²) in [5.41, 5.74) is 4.74. The van der Waals surface area contributed by atoms with Gasteiger partial charge < -0.3 is 10.5 Å². The van der Waals surface area contributed by atoms with Crippen molar-refractivity contribution < 1.29 is 17.9 Å². The van der Waals surface area contributed by atoms with Gasteiger partial charge in [-0.05, 0) is 56.2 Å². The zero-order valence-electron chi connectivity index (χ0n) is 11.2. The molecule has 1 aliphatic carbocycles. The highest BCUT2D eigenvalue weighted by molar-refractivity contribution is 5.21. The summed E-state index contributed by atoms with van der Waals surface area (Å²) in [6.45, 7) is 1.26. The molecule has 0 spiro atoms. The van der Waals surface area contributed by atoms with Gasteiger partial charge in [-0.2, -0.15) is 13.2 Å². The van der Waals surface area contributed by atoms with Gasteiger partial charge in [0.05, 0.1) is 12.8 Å². The molecule has 20 heavy (non-hydrogen) atoms. The summed E-state index contributed by atoms with van der Waals surface area (Å²) in [5, 5.41) is 0. The second-order valence-electron chi connectivity index (χ2n) is 5.31. The number of hydrogen-bond donors (Lipinski definition) is 1. The first-order valence-corrected chi connectivity index (χ1v) is 6.85. The van der Waals surface area contributed by atoms with E-state index in [2.05, 4.69) is 4.98 Å². The number of ether oxygens (including phenoxy) is 1. The monoisotopic (exact) mass is 288 g/mol. The molecule has 0 aromatic carbocycles. The lowest BCUT2D eigenvalue weighted by Crippen LogP contribution is -2.24. The third kappa shape index (κ3) is 4.10. The van der Waals surface area contributed by atoms with Crippen LogP contribution in [0.5, 0.6) is 5.75 Å². The number of nitrogens with two attached hydrogens (primary N) is 1. The van der Waals surface area contributed by atoms with Crippen LogP contribution < -0.4 is 10.5 Å². The number of pyridine rings is 1. The van der Waals surface area contributed by atoms with Crippen LogP contribution in [0.1, 0.15) is 31.4 Å². The minimum atomic E-state index is -4.40. The van der Waals surface area contributed by atoms with E-state index in [0.717, 1.165) is 44.5 Å². The third-order valence-corrected chi connectivity index (χ3v) is 3.81. The van der Waals surface area contributed by atoms with Gasteiger partial charge in [0, 0.05) is 0 Å². The van der Waals surface area contributed by atoms with Gasteiger partial charge in [0.15, 0.2) is 0 Å². The molecule has 0 radical (unpaired) electrons. The molecule has 0 amide bonds. The third-order valence-electron chi connectivity index (χ3n) is 3.81. The summed E-state index contributed by atoms with van der Waals surface area (Å²) in [4.78, 5) is 3.37.